The van der Waals surface area contributed by atoms with Gasteiger partial charge in [-0.1, -0.05) is 0 Å². The number of aldehydes is 1. The third kappa shape index (κ3) is 3.08. The number of carbonyl (C=O) groups excluding carboxylic acids is 1. The predicted molar refractivity (Wildman–Crippen MR) is 104 cm³/mol. The summed E-state index contributed by atoms with van der Waals surface area (Å²) in [7, 11) is 6.43. The smallest absolute Gasteiger partial charge is 0.203 e. The minimum atomic E-state index is 0.377. The molecule has 0 radical (unpaired) electrons. The van der Waals surface area contributed by atoms with Gasteiger partial charge >= 0.3 is 0 Å². The number of ether oxygens (including phenoxy) is 3. The van der Waals surface area contributed by atoms with Crippen LogP contribution in [0.5, 0.6) is 17.2 Å². The summed E-state index contributed by atoms with van der Waals surface area (Å²) in [6.07, 6.45) is 4.32. The lowest BCUT2D eigenvalue weighted by molar-refractivity contribution is 0.112. The van der Waals surface area contributed by atoms with Gasteiger partial charge in [0.15, 0.2) is 17.8 Å². The molecule has 0 saturated carbocycles. The lowest BCUT2D eigenvalue weighted by Gasteiger charge is -2.19. The van der Waals surface area contributed by atoms with Crippen LogP contribution in [0.25, 0.3) is 22.5 Å². The summed E-state index contributed by atoms with van der Waals surface area (Å²) < 4.78 is 18.3. The Labute approximate surface area is 157 Å². The number of methoxy groups -OCH3 is 3. The summed E-state index contributed by atoms with van der Waals surface area (Å²) in [6.45, 7) is 0. The highest BCUT2D eigenvalue weighted by molar-refractivity contribution is 5.97. The van der Waals surface area contributed by atoms with E-state index in [2.05, 4.69) is 4.98 Å². The number of nitrogen functional groups attached to an aromatic ring is 1. The van der Waals surface area contributed by atoms with Crippen molar-refractivity contribution >= 4 is 12.0 Å². The number of carbonyl (C=O) groups is 1. The highest BCUT2D eigenvalue weighted by Crippen LogP contribution is 2.48. The minimum absolute atomic E-state index is 0.377. The van der Waals surface area contributed by atoms with E-state index in [1.807, 2.05) is 29.9 Å². The number of hydrogen-bond donors (Lipinski definition) is 1. The third-order valence-electron chi connectivity index (χ3n) is 4.39. The number of nitrogens with zero attached hydrogens (tertiary/aromatic N) is 2. The molecule has 0 amide bonds. The molecule has 2 aromatic carbocycles. The largest absolute Gasteiger partial charge is 0.493 e. The summed E-state index contributed by atoms with van der Waals surface area (Å²) in [5, 5.41) is 0. The molecule has 140 valence electrons. The standard InChI is InChI=1S/C20H21N3O4/c1-23-8-7-22-20(23)12-5-6-15(21)14(9-12)17-13(11-24)10-16(25-2)18(26-3)19(17)27-4/h5-11H,21H2,1-4H3. The van der Waals surface area contributed by atoms with E-state index in [-0.39, 0.29) is 0 Å². The lowest BCUT2D eigenvalue weighted by atomic mass is 9.95. The number of aromatic nitrogens is 2. The summed E-state index contributed by atoms with van der Waals surface area (Å²) in [5.41, 5.74) is 9.19. The van der Waals surface area contributed by atoms with Crippen LogP contribution in [-0.2, 0) is 7.05 Å². The Kier molecular flexibility index (Phi) is 5.03. The molecule has 0 aliphatic rings. The van der Waals surface area contributed by atoms with Crippen molar-refractivity contribution in [1.29, 1.82) is 0 Å². The SMILES string of the molecule is COc1cc(C=O)c(-c2cc(-c3nccn3C)ccc2N)c(OC)c1OC. The van der Waals surface area contributed by atoms with Gasteiger partial charge in [0.25, 0.3) is 0 Å². The first-order valence-corrected chi connectivity index (χ1v) is 8.21. The maximum Gasteiger partial charge on any atom is 0.203 e. The number of rotatable bonds is 6. The van der Waals surface area contributed by atoms with Gasteiger partial charge in [-0.05, 0) is 24.3 Å². The molecule has 0 unspecified atom stereocenters. The van der Waals surface area contributed by atoms with E-state index >= 15 is 0 Å². The minimum Gasteiger partial charge on any atom is -0.493 e. The highest BCUT2D eigenvalue weighted by Gasteiger charge is 2.23. The molecule has 0 fully saturated rings. The van der Waals surface area contributed by atoms with Crippen molar-refractivity contribution in [3.8, 4) is 39.8 Å². The van der Waals surface area contributed by atoms with Crippen molar-refractivity contribution in [2.75, 3.05) is 27.1 Å². The van der Waals surface area contributed by atoms with Crippen LogP contribution in [0.15, 0.2) is 36.7 Å². The molecule has 0 saturated heterocycles. The van der Waals surface area contributed by atoms with Crippen LogP contribution < -0.4 is 19.9 Å². The fourth-order valence-corrected chi connectivity index (χ4v) is 3.10. The normalized spacial score (nSPS) is 10.5. The van der Waals surface area contributed by atoms with Gasteiger partial charge in [-0.2, -0.15) is 0 Å². The summed E-state index contributed by atoms with van der Waals surface area (Å²) >= 11 is 0. The first kappa shape index (κ1) is 18.3. The number of nitrogens with two attached hydrogens (primary N) is 1. The number of anilines is 1. The molecule has 0 aliphatic heterocycles. The number of aryl methyl sites for hydroxylation is 1. The molecule has 1 aromatic heterocycles. The second kappa shape index (κ2) is 7.41. The molecule has 1 heterocycles. The fourth-order valence-electron chi connectivity index (χ4n) is 3.10. The van der Waals surface area contributed by atoms with Gasteiger partial charge in [0, 0.05) is 47.4 Å². The van der Waals surface area contributed by atoms with Gasteiger partial charge in [0.2, 0.25) is 5.75 Å². The zero-order chi connectivity index (χ0) is 19.6. The quantitative estimate of drug-likeness (QED) is 0.532. The van der Waals surface area contributed by atoms with E-state index in [9.17, 15) is 4.79 Å². The molecule has 2 N–H and O–H groups in total. The predicted octanol–water partition coefficient (Wildman–Crippen LogP) is 3.17. The summed E-state index contributed by atoms with van der Waals surface area (Å²) in [5.74, 6) is 1.95. The molecule has 7 nitrogen and oxygen atoms in total. The average Bonchev–Trinajstić information content (AvgIpc) is 3.12. The Morgan fingerprint density at radius 1 is 1.07 bits per heavy atom. The van der Waals surface area contributed by atoms with E-state index in [0.717, 1.165) is 17.7 Å². The summed E-state index contributed by atoms with van der Waals surface area (Å²) in [4.78, 5) is 16.2. The number of hydrogen-bond acceptors (Lipinski definition) is 6. The van der Waals surface area contributed by atoms with E-state index in [4.69, 9.17) is 19.9 Å². The molecule has 3 aromatic rings. The van der Waals surface area contributed by atoms with Crippen LogP contribution in [0.4, 0.5) is 5.69 Å². The van der Waals surface area contributed by atoms with E-state index < -0.39 is 0 Å². The Morgan fingerprint density at radius 2 is 1.81 bits per heavy atom. The zero-order valence-electron chi connectivity index (χ0n) is 15.6. The molecule has 7 heteroatoms. The van der Waals surface area contributed by atoms with Gasteiger partial charge in [0.1, 0.15) is 5.82 Å². The van der Waals surface area contributed by atoms with Gasteiger partial charge in [-0.3, -0.25) is 4.79 Å². The highest BCUT2D eigenvalue weighted by atomic mass is 16.5. The first-order valence-electron chi connectivity index (χ1n) is 8.21. The Balaban J connectivity index is 2.33. The second-order valence-corrected chi connectivity index (χ2v) is 5.89. The van der Waals surface area contributed by atoms with Gasteiger partial charge in [-0.15, -0.1) is 0 Å². The fraction of sp³-hybridized carbons (Fsp3) is 0.200. The van der Waals surface area contributed by atoms with Crippen molar-refractivity contribution in [2.45, 2.75) is 0 Å². The van der Waals surface area contributed by atoms with E-state index in [1.165, 1.54) is 21.3 Å². The van der Waals surface area contributed by atoms with Crippen molar-refractivity contribution in [3.63, 3.8) is 0 Å². The topological polar surface area (TPSA) is 88.6 Å². The van der Waals surface area contributed by atoms with Crippen molar-refractivity contribution in [3.05, 3.63) is 42.2 Å². The Morgan fingerprint density at radius 3 is 2.37 bits per heavy atom. The van der Waals surface area contributed by atoms with Gasteiger partial charge < -0.3 is 24.5 Å². The van der Waals surface area contributed by atoms with Gasteiger partial charge in [0.05, 0.1) is 21.3 Å². The number of imidazole rings is 1. The Hall–Kier alpha value is -3.48. The zero-order valence-corrected chi connectivity index (χ0v) is 15.6. The van der Waals surface area contributed by atoms with Crippen molar-refractivity contribution in [1.82, 2.24) is 9.55 Å². The van der Waals surface area contributed by atoms with Crippen molar-refractivity contribution < 1.29 is 19.0 Å². The monoisotopic (exact) mass is 367 g/mol. The van der Waals surface area contributed by atoms with Crippen LogP contribution in [0.1, 0.15) is 10.4 Å². The Bertz CT molecular complexity index is 995. The number of benzene rings is 2. The molecule has 0 aliphatic carbocycles. The third-order valence-corrected chi connectivity index (χ3v) is 4.39. The molecular weight excluding hydrogens is 346 g/mol. The average molecular weight is 367 g/mol. The molecule has 0 bridgehead atoms. The van der Waals surface area contributed by atoms with Crippen LogP contribution >= 0.6 is 0 Å². The first-order chi connectivity index (χ1) is 13.0. The molecule has 27 heavy (non-hydrogen) atoms. The van der Waals surface area contributed by atoms with Crippen LogP contribution in [0.3, 0.4) is 0 Å². The second-order valence-electron chi connectivity index (χ2n) is 5.89. The molecular formula is C20H21N3O4. The molecule has 0 spiro atoms. The molecule has 3 rings (SSSR count). The van der Waals surface area contributed by atoms with Gasteiger partial charge in [-0.25, -0.2) is 4.98 Å². The van der Waals surface area contributed by atoms with Crippen molar-refractivity contribution in [2.24, 2.45) is 7.05 Å². The van der Waals surface area contributed by atoms with E-state index in [0.29, 0.717) is 39.6 Å². The van der Waals surface area contributed by atoms with Crippen LogP contribution in [0.2, 0.25) is 0 Å². The maximum atomic E-state index is 11.8. The maximum absolute atomic E-state index is 11.8. The molecule has 0 atom stereocenters. The lowest BCUT2D eigenvalue weighted by Crippen LogP contribution is -2.02. The summed E-state index contributed by atoms with van der Waals surface area (Å²) in [6, 6.07) is 7.16. The van der Waals surface area contributed by atoms with E-state index in [1.54, 1.807) is 18.3 Å². The van der Waals surface area contributed by atoms with Crippen LogP contribution in [0, 0.1) is 0 Å². The van der Waals surface area contributed by atoms with Crippen LogP contribution in [-0.4, -0.2) is 37.2 Å².